The molecule has 1 aliphatic rings. The molecule has 0 radical (unpaired) electrons. The van der Waals surface area contributed by atoms with Gasteiger partial charge in [-0.1, -0.05) is 85.6 Å². The van der Waals surface area contributed by atoms with Crippen LogP contribution in [0.3, 0.4) is 0 Å². The van der Waals surface area contributed by atoms with E-state index in [-0.39, 0.29) is 0 Å². The van der Waals surface area contributed by atoms with Crippen LogP contribution in [-0.4, -0.2) is 23.1 Å². The molecule has 0 aliphatic carbocycles. The molecule has 1 unspecified atom stereocenters. The zero-order valence-electron chi connectivity index (χ0n) is 24.1. The highest BCUT2D eigenvalue weighted by atomic mass is 35.5. The Morgan fingerprint density at radius 3 is 2.11 bits per heavy atom. The van der Waals surface area contributed by atoms with Crippen LogP contribution in [0.2, 0.25) is 10.0 Å². The van der Waals surface area contributed by atoms with Crippen molar-refractivity contribution in [2.75, 3.05) is 4.31 Å². The van der Waals surface area contributed by atoms with E-state index in [4.69, 9.17) is 28.2 Å². The standard InChI is InChI=1S/C34H30Cl2N4O3S/c1-3-22(2)24-8-10-26(11-9-24)25-6-4-23(5-7-25)18-33-37-32(30-17-12-27(35)19-31(30)36)20-39(33)28-13-15-29(16-14-28)40-21-34(41)38-44(40,42)43/h4-17,19-22,38,41H,3,18H2,1-2H3. The molecule has 6 rings (SSSR count). The summed E-state index contributed by atoms with van der Waals surface area (Å²) < 4.78 is 29.7. The lowest BCUT2D eigenvalue weighted by Crippen LogP contribution is -2.29. The summed E-state index contributed by atoms with van der Waals surface area (Å²) in [6.45, 7) is 4.44. The summed E-state index contributed by atoms with van der Waals surface area (Å²) in [4.78, 5) is 4.97. The molecule has 2 heterocycles. The number of aliphatic hydroxyl groups excluding tert-OH is 1. The summed E-state index contributed by atoms with van der Waals surface area (Å²) in [5.41, 5.74) is 7.33. The number of benzene rings is 4. The number of aliphatic hydroxyl groups is 1. The number of rotatable bonds is 8. The summed E-state index contributed by atoms with van der Waals surface area (Å²) in [5, 5.41) is 10.7. The third-order valence-electron chi connectivity index (χ3n) is 7.84. The molecule has 2 N–H and O–H groups in total. The number of aromatic nitrogens is 2. The van der Waals surface area contributed by atoms with Crippen molar-refractivity contribution in [2.45, 2.75) is 32.6 Å². The van der Waals surface area contributed by atoms with Gasteiger partial charge in [0.05, 0.1) is 22.6 Å². The number of halogens is 2. The highest BCUT2D eigenvalue weighted by Crippen LogP contribution is 2.32. The van der Waals surface area contributed by atoms with E-state index in [1.165, 1.54) is 11.1 Å². The van der Waals surface area contributed by atoms with Gasteiger partial charge in [0.25, 0.3) is 0 Å². The molecule has 0 spiro atoms. The van der Waals surface area contributed by atoms with Crippen LogP contribution < -0.4 is 9.03 Å². The van der Waals surface area contributed by atoms with E-state index < -0.39 is 16.1 Å². The van der Waals surface area contributed by atoms with Crippen molar-refractivity contribution in [3.8, 4) is 28.1 Å². The molecule has 1 atom stereocenters. The Labute approximate surface area is 267 Å². The quantitative estimate of drug-likeness (QED) is 0.177. The van der Waals surface area contributed by atoms with Crippen LogP contribution in [0, 0.1) is 0 Å². The average molecular weight is 646 g/mol. The number of nitrogens with one attached hydrogen (secondary N) is 1. The summed E-state index contributed by atoms with van der Waals surface area (Å²) in [6.07, 6.45) is 4.69. The fourth-order valence-electron chi connectivity index (χ4n) is 5.19. The van der Waals surface area contributed by atoms with E-state index >= 15 is 0 Å². The Morgan fingerprint density at radius 2 is 1.52 bits per heavy atom. The first-order valence-electron chi connectivity index (χ1n) is 14.2. The minimum absolute atomic E-state index is 0.376. The summed E-state index contributed by atoms with van der Waals surface area (Å²) in [5.74, 6) is 0.872. The first-order chi connectivity index (χ1) is 21.1. The van der Waals surface area contributed by atoms with Gasteiger partial charge in [0.1, 0.15) is 5.82 Å². The molecule has 224 valence electrons. The average Bonchev–Trinajstić information content (AvgIpc) is 3.55. The SMILES string of the molecule is CCC(C)c1ccc(-c2ccc(Cc3nc(-c4ccc(Cl)cc4Cl)cn3-c3ccc(N4C=C(O)NS4(=O)=O)cc3)cc2)cc1. The van der Waals surface area contributed by atoms with E-state index in [0.29, 0.717) is 33.8 Å². The van der Waals surface area contributed by atoms with Crippen LogP contribution >= 0.6 is 23.2 Å². The summed E-state index contributed by atoms with van der Waals surface area (Å²) >= 11 is 12.7. The Morgan fingerprint density at radius 1 is 0.886 bits per heavy atom. The Balaban J connectivity index is 1.32. The maximum Gasteiger partial charge on any atom is 0.330 e. The highest BCUT2D eigenvalue weighted by Gasteiger charge is 2.28. The first-order valence-corrected chi connectivity index (χ1v) is 16.4. The van der Waals surface area contributed by atoms with E-state index in [9.17, 15) is 13.5 Å². The molecule has 0 saturated carbocycles. The van der Waals surface area contributed by atoms with Crippen molar-refractivity contribution in [2.24, 2.45) is 0 Å². The van der Waals surface area contributed by atoms with Gasteiger partial charge in [-0.25, -0.2) is 14.0 Å². The van der Waals surface area contributed by atoms with Gasteiger partial charge in [0.15, 0.2) is 0 Å². The zero-order valence-corrected chi connectivity index (χ0v) is 26.4. The monoisotopic (exact) mass is 644 g/mol. The lowest BCUT2D eigenvalue weighted by Gasteiger charge is -2.15. The minimum Gasteiger partial charge on any atom is -0.493 e. The van der Waals surface area contributed by atoms with Gasteiger partial charge in [0, 0.05) is 28.9 Å². The van der Waals surface area contributed by atoms with Crippen molar-refractivity contribution in [3.63, 3.8) is 0 Å². The van der Waals surface area contributed by atoms with Crippen molar-refractivity contribution in [1.29, 1.82) is 0 Å². The molecule has 10 heteroatoms. The number of anilines is 1. The van der Waals surface area contributed by atoms with Crippen LogP contribution in [0.4, 0.5) is 5.69 Å². The molecule has 0 bridgehead atoms. The van der Waals surface area contributed by atoms with Gasteiger partial charge < -0.3 is 9.67 Å². The topological polar surface area (TPSA) is 87.5 Å². The van der Waals surface area contributed by atoms with Gasteiger partial charge >= 0.3 is 10.2 Å². The van der Waals surface area contributed by atoms with Gasteiger partial charge in [-0.05, 0) is 77.1 Å². The van der Waals surface area contributed by atoms with E-state index in [0.717, 1.165) is 45.1 Å². The molecule has 4 aromatic carbocycles. The molecule has 1 aliphatic heterocycles. The van der Waals surface area contributed by atoms with Crippen LogP contribution in [-0.2, 0) is 16.6 Å². The van der Waals surface area contributed by atoms with Crippen molar-refractivity contribution in [3.05, 3.63) is 136 Å². The third-order valence-corrected chi connectivity index (χ3v) is 9.69. The van der Waals surface area contributed by atoms with Crippen LogP contribution in [0.25, 0.3) is 28.1 Å². The largest absolute Gasteiger partial charge is 0.493 e. The van der Waals surface area contributed by atoms with Crippen LogP contribution in [0.15, 0.2) is 109 Å². The Bertz CT molecular complexity index is 1950. The second kappa shape index (κ2) is 12.0. The molecule has 5 aromatic rings. The maximum absolute atomic E-state index is 12.3. The van der Waals surface area contributed by atoms with Crippen molar-refractivity contribution < 1.29 is 13.5 Å². The predicted molar refractivity (Wildman–Crippen MR) is 178 cm³/mol. The number of hydrogen-bond donors (Lipinski definition) is 2. The molecule has 0 fully saturated rings. The molecule has 7 nitrogen and oxygen atoms in total. The molecule has 0 amide bonds. The zero-order chi connectivity index (χ0) is 31.0. The van der Waals surface area contributed by atoms with E-state index in [2.05, 4.69) is 67.1 Å². The highest BCUT2D eigenvalue weighted by molar-refractivity contribution is 7.91. The maximum atomic E-state index is 12.3. The lowest BCUT2D eigenvalue weighted by atomic mass is 9.95. The van der Waals surface area contributed by atoms with Gasteiger partial charge in [-0.3, -0.25) is 0 Å². The normalized spacial score (nSPS) is 14.7. The second-order valence-electron chi connectivity index (χ2n) is 10.8. The summed E-state index contributed by atoms with van der Waals surface area (Å²) in [7, 11) is -3.89. The third kappa shape index (κ3) is 6.06. The molecule has 1 aromatic heterocycles. The van der Waals surface area contributed by atoms with Crippen molar-refractivity contribution in [1.82, 2.24) is 14.3 Å². The van der Waals surface area contributed by atoms with Gasteiger partial charge in [0.2, 0.25) is 5.88 Å². The van der Waals surface area contributed by atoms with Gasteiger partial charge in [-0.2, -0.15) is 8.42 Å². The molecule has 44 heavy (non-hydrogen) atoms. The lowest BCUT2D eigenvalue weighted by molar-refractivity contribution is 0.392. The Kier molecular flexibility index (Phi) is 8.16. The fraction of sp³-hybridized carbons (Fsp3) is 0.147. The summed E-state index contributed by atoms with van der Waals surface area (Å²) in [6, 6.07) is 29.5. The number of nitrogens with zero attached hydrogens (tertiary/aromatic N) is 3. The predicted octanol–water partition coefficient (Wildman–Crippen LogP) is 8.63. The van der Waals surface area contributed by atoms with E-state index in [1.54, 1.807) is 36.4 Å². The second-order valence-corrected chi connectivity index (χ2v) is 13.2. The molecule has 0 saturated heterocycles. The minimum atomic E-state index is -3.89. The number of imidazole rings is 1. The van der Waals surface area contributed by atoms with E-state index in [1.807, 2.05) is 16.8 Å². The number of hydrogen-bond acceptors (Lipinski definition) is 4. The van der Waals surface area contributed by atoms with Crippen LogP contribution in [0.5, 0.6) is 0 Å². The van der Waals surface area contributed by atoms with Crippen LogP contribution in [0.1, 0.15) is 43.1 Å². The Hall–Kier alpha value is -4.24. The molecular formula is C34H30Cl2N4O3S. The van der Waals surface area contributed by atoms with Gasteiger partial charge in [-0.15, -0.1) is 0 Å². The molecular weight excluding hydrogens is 615 g/mol. The fourth-order valence-corrected chi connectivity index (χ4v) is 6.75. The smallest absolute Gasteiger partial charge is 0.330 e. The first kappa shape index (κ1) is 29.8. The van der Waals surface area contributed by atoms with Crippen molar-refractivity contribution >= 4 is 39.1 Å².